The smallest absolute Gasteiger partial charge is 0.320 e. The van der Waals surface area contributed by atoms with Crippen LogP contribution in [0.4, 0.5) is 0 Å². The number of ether oxygens (including phenoxy) is 2. The van der Waals surface area contributed by atoms with E-state index in [9.17, 15) is 9.90 Å². The number of carboxylic acid groups (broad SMARTS) is 1. The highest BCUT2D eigenvalue weighted by atomic mass is 16.7. The molecule has 5 nitrogen and oxygen atoms in total. The van der Waals surface area contributed by atoms with E-state index < -0.39 is 12.0 Å². The summed E-state index contributed by atoms with van der Waals surface area (Å²) in [7, 11) is 0. The van der Waals surface area contributed by atoms with E-state index in [1.165, 1.54) is 0 Å². The molecule has 0 aromatic heterocycles. The molecule has 0 saturated carbocycles. The van der Waals surface area contributed by atoms with E-state index in [4.69, 9.17) is 9.47 Å². The molecule has 1 N–H and O–H groups in total. The third-order valence-corrected chi connectivity index (χ3v) is 3.34. The van der Waals surface area contributed by atoms with Crippen LogP contribution in [0.25, 0.3) is 0 Å². The average molecular weight is 265 g/mol. The van der Waals surface area contributed by atoms with Gasteiger partial charge >= 0.3 is 5.97 Å². The lowest BCUT2D eigenvalue weighted by Gasteiger charge is -2.26. The van der Waals surface area contributed by atoms with Crippen molar-refractivity contribution in [3.05, 3.63) is 23.8 Å². The zero-order valence-electron chi connectivity index (χ0n) is 11.3. The number of likely N-dealkylation sites (N-methyl/N-ethyl adjacent to an activating group) is 1. The number of benzene rings is 1. The van der Waals surface area contributed by atoms with Gasteiger partial charge in [0.25, 0.3) is 0 Å². The summed E-state index contributed by atoms with van der Waals surface area (Å²) in [5.41, 5.74) is 1.03. The van der Waals surface area contributed by atoms with Gasteiger partial charge in [0.05, 0.1) is 0 Å². The zero-order valence-corrected chi connectivity index (χ0v) is 11.3. The van der Waals surface area contributed by atoms with Gasteiger partial charge in [0.15, 0.2) is 11.5 Å². The molecule has 0 spiro atoms. The van der Waals surface area contributed by atoms with Crippen LogP contribution < -0.4 is 9.47 Å². The molecule has 0 saturated heterocycles. The summed E-state index contributed by atoms with van der Waals surface area (Å²) in [6.07, 6.45) is 0.591. The molecule has 0 fully saturated rings. The monoisotopic (exact) mass is 265 g/mol. The van der Waals surface area contributed by atoms with E-state index >= 15 is 0 Å². The van der Waals surface area contributed by atoms with Gasteiger partial charge < -0.3 is 14.6 Å². The zero-order chi connectivity index (χ0) is 13.8. The molecule has 1 heterocycles. The minimum Gasteiger partial charge on any atom is -0.480 e. The van der Waals surface area contributed by atoms with E-state index in [1.54, 1.807) is 0 Å². The Balaban J connectivity index is 2.11. The topological polar surface area (TPSA) is 59.0 Å². The predicted molar refractivity (Wildman–Crippen MR) is 70.4 cm³/mol. The number of nitrogens with zero attached hydrogens (tertiary/aromatic N) is 1. The molecule has 19 heavy (non-hydrogen) atoms. The van der Waals surface area contributed by atoms with Crippen LogP contribution in [-0.2, 0) is 11.3 Å². The summed E-state index contributed by atoms with van der Waals surface area (Å²) in [6.45, 7) is 5.40. The number of aliphatic carboxylic acids is 1. The van der Waals surface area contributed by atoms with Gasteiger partial charge in [-0.25, -0.2) is 0 Å². The molecule has 1 aliphatic heterocycles. The van der Waals surface area contributed by atoms with Crippen LogP contribution in [0.2, 0.25) is 0 Å². The maximum Gasteiger partial charge on any atom is 0.320 e. The molecule has 0 bridgehead atoms. The lowest BCUT2D eigenvalue weighted by atomic mass is 10.1. The largest absolute Gasteiger partial charge is 0.480 e. The highest BCUT2D eigenvalue weighted by Gasteiger charge is 2.23. The molecule has 5 heteroatoms. The Bertz CT molecular complexity index is 461. The third-order valence-electron chi connectivity index (χ3n) is 3.34. The van der Waals surface area contributed by atoms with Crippen LogP contribution in [0.3, 0.4) is 0 Å². The second-order valence-corrected chi connectivity index (χ2v) is 4.51. The van der Waals surface area contributed by atoms with E-state index in [2.05, 4.69) is 0 Å². The van der Waals surface area contributed by atoms with E-state index in [0.717, 1.165) is 17.1 Å². The Morgan fingerprint density at radius 3 is 2.74 bits per heavy atom. The average Bonchev–Trinajstić information content (AvgIpc) is 2.85. The Kier molecular flexibility index (Phi) is 4.27. The quantitative estimate of drug-likeness (QED) is 0.853. The molecule has 0 radical (unpaired) electrons. The molecule has 0 amide bonds. The van der Waals surface area contributed by atoms with Crippen molar-refractivity contribution in [2.24, 2.45) is 0 Å². The molecule has 1 aromatic carbocycles. The van der Waals surface area contributed by atoms with Gasteiger partial charge in [-0.2, -0.15) is 0 Å². The second-order valence-electron chi connectivity index (χ2n) is 4.51. The lowest BCUT2D eigenvalue weighted by molar-refractivity contribution is -0.143. The maximum atomic E-state index is 11.2. The van der Waals surface area contributed by atoms with Gasteiger partial charge in [-0.1, -0.05) is 19.9 Å². The van der Waals surface area contributed by atoms with Crippen molar-refractivity contribution in [3.63, 3.8) is 0 Å². The standard InChI is InChI=1S/C14H19NO4/c1-3-11(14(16)17)15(4-2)8-10-5-6-12-13(7-10)19-9-18-12/h5-7,11H,3-4,8-9H2,1-2H3,(H,16,17). The fraction of sp³-hybridized carbons (Fsp3) is 0.500. The van der Waals surface area contributed by atoms with Crippen LogP contribution in [-0.4, -0.2) is 35.4 Å². The fourth-order valence-electron chi connectivity index (χ4n) is 2.31. The van der Waals surface area contributed by atoms with E-state index in [1.807, 2.05) is 36.9 Å². The van der Waals surface area contributed by atoms with Gasteiger partial charge in [-0.05, 0) is 30.7 Å². The van der Waals surface area contributed by atoms with Crippen molar-refractivity contribution >= 4 is 5.97 Å². The van der Waals surface area contributed by atoms with Gasteiger partial charge in [-0.15, -0.1) is 0 Å². The first-order valence-corrected chi connectivity index (χ1v) is 6.51. The third kappa shape index (κ3) is 2.98. The molecular formula is C14H19NO4. The maximum absolute atomic E-state index is 11.2. The van der Waals surface area contributed by atoms with Crippen molar-refractivity contribution in [2.75, 3.05) is 13.3 Å². The molecule has 1 aromatic rings. The normalized spacial score (nSPS) is 14.7. The number of carbonyl (C=O) groups is 1. The second kappa shape index (κ2) is 5.93. The first-order chi connectivity index (χ1) is 9.15. The summed E-state index contributed by atoms with van der Waals surface area (Å²) >= 11 is 0. The number of hydrogen-bond donors (Lipinski definition) is 1. The summed E-state index contributed by atoms with van der Waals surface area (Å²) in [5.74, 6) is 0.707. The Labute approximate surface area is 112 Å². The fourth-order valence-corrected chi connectivity index (χ4v) is 2.31. The van der Waals surface area contributed by atoms with Crippen LogP contribution in [0.1, 0.15) is 25.8 Å². The Morgan fingerprint density at radius 2 is 2.11 bits per heavy atom. The van der Waals surface area contributed by atoms with E-state index in [-0.39, 0.29) is 6.79 Å². The first kappa shape index (κ1) is 13.7. The minimum absolute atomic E-state index is 0.253. The van der Waals surface area contributed by atoms with Crippen LogP contribution in [0.15, 0.2) is 18.2 Å². The summed E-state index contributed by atoms with van der Waals surface area (Å²) in [5, 5.41) is 9.22. The van der Waals surface area contributed by atoms with Crippen molar-refractivity contribution in [3.8, 4) is 11.5 Å². The van der Waals surface area contributed by atoms with Crippen molar-refractivity contribution < 1.29 is 19.4 Å². The molecule has 2 rings (SSSR count). The highest BCUT2D eigenvalue weighted by molar-refractivity contribution is 5.73. The molecular weight excluding hydrogens is 246 g/mol. The first-order valence-electron chi connectivity index (χ1n) is 6.51. The van der Waals surface area contributed by atoms with Crippen LogP contribution >= 0.6 is 0 Å². The Hall–Kier alpha value is -1.75. The Morgan fingerprint density at radius 1 is 1.37 bits per heavy atom. The number of carboxylic acids is 1. The molecule has 0 aliphatic carbocycles. The van der Waals surface area contributed by atoms with Gasteiger partial charge in [-0.3, -0.25) is 9.69 Å². The molecule has 1 aliphatic rings. The summed E-state index contributed by atoms with van der Waals surface area (Å²) in [4.78, 5) is 13.2. The van der Waals surface area contributed by atoms with Gasteiger partial charge in [0.1, 0.15) is 6.04 Å². The SMILES string of the molecule is CCC(C(=O)O)N(CC)Cc1ccc2c(c1)OCO2. The molecule has 1 atom stereocenters. The lowest BCUT2D eigenvalue weighted by Crippen LogP contribution is -2.40. The van der Waals surface area contributed by atoms with Crippen LogP contribution in [0, 0.1) is 0 Å². The van der Waals surface area contributed by atoms with Crippen molar-refractivity contribution in [1.82, 2.24) is 4.90 Å². The number of fused-ring (bicyclic) bond motifs is 1. The van der Waals surface area contributed by atoms with Crippen molar-refractivity contribution in [1.29, 1.82) is 0 Å². The minimum atomic E-state index is -0.773. The summed E-state index contributed by atoms with van der Waals surface area (Å²) in [6, 6.07) is 5.28. The highest BCUT2D eigenvalue weighted by Crippen LogP contribution is 2.32. The van der Waals surface area contributed by atoms with Crippen molar-refractivity contribution in [2.45, 2.75) is 32.9 Å². The van der Waals surface area contributed by atoms with Gasteiger partial charge in [0, 0.05) is 6.54 Å². The number of hydrogen-bond acceptors (Lipinski definition) is 4. The van der Waals surface area contributed by atoms with Crippen LogP contribution in [0.5, 0.6) is 11.5 Å². The molecule has 104 valence electrons. The van der Waals surface area contributed by atoms with E-state index in [0.29, 0.717) is 19.5 Å². The number of rotatable bonds is 6. The molecule has 1 unspecified atom stereocenters. The predicted octanol–water partition coefficient (Wildman–Crippen LogP) is 2.10. The summed E-state index contributed by atoms with van der Waals surface area (Å²) < 4.78 is 10.6. The van der Waals surface area contributed by atoms with Gasteiger partial charge in [0.2, 0.25) is 6.79 Å².